The quantitative estimate of drug-likeness (QED) is 0.521. The van der Waals surface area contributed by atoms with Gasteiger partial charge in [-0.2, -0.15) is 9.97 Å². The molecule has 0 aliphatic carbocycles. The van der Waals surface area contributed by atoms with Crippen LogP contribution in [0.15, 0.2) is 60.9 Å². The van der Waals surface area contributed by atoms with E-state index >= 15 is 0 Å². The SMILES string of the molecule is O=[N+]([O-])c1cnc(Oc2ccc(-c3ccccc3)cc2Cl)nc1. The minimum Gasteiger partial charge on any atom is -0.423 e. The summed E-state index contributed by atoms with van der Waals surface area (Å²) < 4.78 is 5.46. The highest BCUT2D eigenvalue weighted by Crippen LogP contribution is 2.32. The van der Waals surface area contributed by atoms with E-state index in [0.29, 0.717) is 10.8 Å². The average Bonchev–Trinajstić information content (AvgIpc) is 2.58. The normalized spacial score (nSPS) is 10.3. The molecule has 3 aromatic rings. The predicted molar refractivity (Wildman–Crippen MR) is 85.6 cm³/mol. The second-order valence-corrected chi connectivity index (χ2v) is 5.00. The molecule has 0 radical (unpaired) electrons. The van der Waals surface area contributed by atoms with Gasteiger partial charge in [0.05, 0.1) is 9.95 Å². The first kappa shape index (κ1) is 14.9. The zero-order chi connectivity index (χ0) is 16.2. The van der Waals surface area contributed by atoms with E-state index in [4.69, 9.17) is 16.3 Å². The molecule has 0 aliphatic rings. The molecule has 0 saturated carbocycles. The first-order valence-electron chi connectivity index (χ1n) is 6.63. The van der Waals surface area contributed by atoms with Crippen molar-refractivity contribution in [1.82, 2.24) is 9.97 Å². The molecule has 2 aromatic carbocycles. The number of ether oxygens (including phenoxy) is 1. The monoisotopic (exact) mass is 327 g/mol. The molecule has 0 atom stereocenters. The zero-order valence-corrected chi connectivity index (χ0v) is 12.5. The van der Waals surface area contributed by atoms with Gasteiger partial charge in [-0.15, -0.1) is 0 Å². The van der Waals surface area contributed by atoms with Gasteiger partial charge in [-0.1, -0.05) is 48.0 Å². The molecule has 23 heavy (non-hydrogen) atoms. The molecular weight excluding hydrogens is 318 g/mol. The summed E-state index contributed by atoms with van der Waals surface area (Å²) >= 11 is 6.22. The molecule has 0 bridgehead atoms. The Hall–Kier alpha value is -2.99. The molecule has 114 valence electrons. The molecule has 3 rings (SSSR count). The van der Waals surface area contributed by atoms with Gasteiger partial charge in [0, 0.05) is 0 Å². The van der Waals surface area contributed by atoms with Crippen molar-refractivity contribution in [1.29, 1.82) is 0 Å². The van der Waals surface area contributed by atoms with E-state index in [9.17, 15) is 10.1 Å². The van der Waals surface area contributed by atoms with E-state index in [0.717, 1.165) is 23.5 Å². The topological polar surface area (TPSA) is 78.2 Å². The Morgan fingerprint density at radius 3 is 2.30 bits per heavy atom. The van der Waals surface area contributed by atoms with Gasteiger partial charge in [0.25, 0.3) is 0 Å². The van der Waals surface area contributed by atoms with Crippen molar-refractivity contribution in [2.75, 3.05) is 0 Å². The van der Waals surface area contributed by atoms with E-state index in [1.54, 1.807) is 12.1 Å². The van der Waals surface area contributed by atoms with Gasteiger partial charge in [0.1, 0.15) is 18.1 Å². The lowest BCUT2D eigenvalue weighted by molar-refractivity contribution is -0.385. The molecule has 0 N–H and O–H groups in total. The number of aromatic nitrogens is 2. The number of nitro groups is 1. The second kappa shape index (κ2) is 6.41. The summed E-state index contributed by atoms with van der Waals surface area (Å²) in [4.78, 5) is 17.5. The molecule has 0 aliphatic heterocycles. The van der Waals surface area contributed by atoms with Gasteiger partial charge in [0.15, 0.2) is 0 Å². The molecule has 7 heteroatoms. The third-order valence-corrected chi connectivity index (χ3v) is 3.36. The van der Waals surface area contributed by atoms with Crippen LogP contribution in [0.5, 0.6) is 11.8 Å². The number of hydrogen-bond acceptors (Lipinski definition) is 5. The lowest BCUT2D eigenvalue weighted by Gasteiger charge is -2.08. The predicted octanol–water partition coefficient (Wildman–Crippen LogP) is 4.50. The molecular formula is C16H10ClN3O3. The van der Waals surface area contributed by atoms with Crippen molar-refractivity contribution in [3.63, 3.8) is 0 Å². The summed E-state index contributed by atoms with van der Waals surface area (Å²) in [6.07, 6.45) is 2.16. The third kappa shape index (κ3) is 3.44. The summed E-state index contributed by atoms with van der Waals surface area (Å²) in [6, 6.07) is 15.1. The fourth-order valence-corrected chi connectivity index (χ4v) is 2.17. The van der Waals surface area contributed by atoms with Crippen molar-refractivity contribution in [3.05, 3.63) is 76.1 Å². The first-order valence-corrected chi connectivity index (χ1v) is 7.00. The van der Waals surface area contributed by atoms with Crippen LogP contribution >= 0.6 is 11.6 Å². The van der Waals surface area contributed by atoms with Gasteiger partial charge >= 0.3 is 11.7 Å². The lowest BCUT2D eigenvalue weighted by Crippen LogP contribution is -1.95. The Balaban J connectivity index is 1.82. The van der Waals surface area contributed by atoms with Crippen LogP contribution in [0.4, 0.5) is 5.69 Å². The maximum Gasteiger partial charge on any atom is 0.322 e. The average molecular weight is 328 g/mol. The van der Waals surface area contributed by atoms with Gasteiger partial charge in [0.2, 0.25) is 0 Å². The summed E-state index contributed by atoms with van der Waals surface area (Å²) in [5.74, 6) is 0.375. The maximum absolute atomic E-state index is 10.6. The number of rotatable bonds is 4. The summed E-state index contributed by atoms with van der Waals surface area (Å²) in [5.41, 5.74) is 1.78. The minimum absolute atomic E-state index is 0.00930. The van der Waals surface area contributed by atoms with Gasteiger partial charge in [-0.25, -0.2) is 0 Å². The van der Waals surface area contributed by atoms with Crippen LogP contribution in [0.2, 0.25) is 5.02 Å². The fraction of sp³-hybridized carbons (Fsp3) is 0. The molecule has 6 nitrogen and oxygen atoms in total. The highest BCUT2D eigenvalue weighted by molar-refractivity contribution is 6.32. The summed E-state index contributed by atoms with van der Waals surface area (Å²) in [7, 11) is 0. The summed E-state index contributed by atoms with van der Waals surface area (Å²) in [6.45, 7) is 0. The van der Waals surface area contributed by atoms with Crippen LogP contribution < -0.4 is 4.74 Å². The van der Waals surface area contributed by atoms with Crippen molar-refractivity contribution >= 4 is 17.3 Å². The third-order valence-electron chi connectivity index (χ3n) is 3.07. The van der Waals surface area contributed by atoms with Gasteiger partial charge < -0.3 is 4.74 Å². The number of benzene rings is 2. The number of nitrogens with zero attached hydrogens (tertiary/aromatic N) is 3. The highest BCUT2D eigenvalue weighted by atomic mass is 35.5. The van der Waals surface area contributed by atoms with Crippen LogP contribution in [-0.2, 0) is 0 Å². The lowest BCUT2D eigenvalue weighted by atomic mass is 10.1. The Morgan fingerprint density at radius 2 is 1.70 bits per heavy atom. The number of halogens is 1. The molecule has 1 heterocycles. The molecule has 1 aromatic heterocycles. The van der Waals surface area contributed by atoms with Gasteiger partial charge in [-0.3, -0.25) is 10.1 Å². The number of hydrogen-bond donors (Lipinski definition) is 0. The van der Waals surface area contributed by atoms with Crippen LogP contribution in [0, 0.1) is 10.1 Å². The van der Waals surface area contributed by atoms with E-state index in [1.165, 1.54) is 0 Å². The van der Waals surface area contributed by atoms with E-state index in [1.807, 2.05) is 36.4 Å². The largest absolute Gasteiger partial charge is 0.423 e. The summed E-state index contributed by atoms with van der Waals surface area (Å²) in [5, 5.41) is 11.0. The second-order valence-electron chi connectivity index (χ2n) is 4.59. The molecule has 0 saturated heterocycles. The first-order chi connectivity index (χ1) is 11.1. The Labute approximate surface area is 136 Å². The van der Waals surface area contributed by atoms with E-state index < -0.39 is 4.92 Å². The van der Waals surface area contributed by atoms with Crippen molar-refractivity contribution in [2.24, 2.45) is 0 Å². The van der Waals surface area contributed by atoms with Crippen LogP contribution in [0.1, 0.15) is 0 Å². The standard InChI is InChI=1S/C16H10ClN3O3/c17-14-8-12(11-4-2-1-3-5-11)6-7-15(14)23-16-18-9-13(10-19-16)20(21)22/h1-10H. The Bertz CT molecular complexity index is 839. The minimum atomic E-state index is -0.578. The van der Waals surface area contributed by atoms with Crippen molar-refractivity contribution < 1.29 is 9.66 Å². The van der Waals surface area contributed by atoms with Crippen LogP contribution in [0.25, 0.3) is 11.1 Å². The van der Waals surface area contributed by atoms with Crippen LogP contribution in [-0.4, -0.2) is 14.9 Å². The van der Waals surface area contributed by atoms with Gasteiger partial charge in [-0.05, 0) is 23.3 Å². The molecule has 0 fully saturated rings. The van der Waals surface area contributed by atoms with E-state index in [-0.39, 0.29) is 11.7 Å². The molecule has 0 unspecified atom stereocenters. The fourth-order valence-electron chi connectivity index (χ4n) is 1.95. The van der Waals surface area contributed by atoms with Crippen LogP contribution in [0.3, 0.4) is 0 Å². The Morgan fingerprint density at radius 1 is 1.00 bits per heavy atom. The highest BCUT2D eigenvalue weighted by Gasteiger charge is 2.10. The van der Waals surface area contributed by atoms with E-state index in [2.05, 4.69) is 9.97 Å². The smallest absolute Gasteiger partial charge is 0.322 e. The molecule has 0 amide bonds. The zero-order valence-electron chi connectivity index (χ0n) is 11.7. The Kier molecular flexibility index (Phi) is 4.16. The van der Waals surface area contributed by atoms with Crippen molar-refractivity contribution in [2.45, 2.75) is 0 Å². The molecule has 0 spiro atoms. The van der Waals surface area contributed by atoms with Crippen molar-refractivity contribution in [3.8, 4) is 22.9 Å². The maximum atomic E-state index is 10.6.